The zero-order chi connectivity index (χ0) is 16.1. The summed E-state index contributed by atoms with van der Waals surface area (Å²) in [6.45, 7) is 5.56. The van der Waals surface area contributed by atoms with Gasteiger partial charge in [0, 0.05) is 19.1 Å². The maximum atomic E-state index is 10.4. The predicted octanol–water partition coefficient (Wildman–Crippen LogP) is 3.21. The van der Waals surface area contributed by atoms with Crippen molar-refractivity contribution in [1.82, 2.24) is 4.90 Å². The summed E-state index contributed by atoms with van der Waals surface area (Å²) in [5, 5.41) is 10.4. The molecule has 1 fully saturated rings. The average Bonchev–Trinajstić information content (AvgIpc) is 3.12. The van der Waals surface area contributed by atoms with E-state index in [1.807, 2.05) is 18.2 Å². The number of nitrogens with zero attached hydrogens (tertiary/aromatic N) is 1. The van der Waals surface area contributed by atoms with E-state index in [1.165, 1.54) is 5.56 Å². The van der Waals surface area contributed by atoms with Crippen molar-refractivity contribution in [2.24, 2.45) is 0 Å². The molecule has 0 amide bonds. The fourth-order valence-electron chi connectivity index (χ4n) is 3.24. The minimum Gasteiger partial charge on any atom is -0.467 e. The Morgan fingerprint density at radius 3 is 2.78 bits per heavy atom. The molecule has 23 heavy (non-hydrogen) atoms. The van der Waals surface area contributed by atoms with Gasteiger partial charge in [0.2, 0.25) is 0 Å². The van der Waals surface area contributed by atoms with Crippen LogP contribution in [0.15, 0.2) is 53.1 Å². The molecular formula is C19H25NO3. The third kappa shape index (κ3) is 4.22. The zero-order valence-electron chi connectivity index (χ0n) is 13.6. The third-order valence-electron chi connectivity index (χ3n) is 4.59. The highest BCUT2D eigenvalue weighted by molar-refractivity contribution is 5.19. The minimum absolute atomic E-state index is 0.218. The first kappa shape index (κ1) is 16.2. The SMILES string of the molecule is CC(CN1CCOCC1CC(O)c1ccco1)c1ccccc1. The van der Waals surface area contributed by atoms with Crippen molar-refractivity contribution >= 4 is 0 Å². The van der Waals surface area contributed by atoms with Crippen LogP contribution in [0.25, 0.3) is 0 Å². The van der Waals surface area contributed by atoms with Crippen molar-refractivity contribution in [2.45, 2.75) is 31.4 Å². The van der Waals surface area contributed by atoms with E-state index in [4.69, 9.17) is 9.15 Å². The number of rotatable bonds is 6. The molecule has 1 aromatic carbocycles. The maximum absolute atomic E-state index is 10.4. The quantitative estimate of drug-likeness (QED) is 0.889. The van der Waals surface area contributed by atoms with Crippen LogP contribution in [0.2, 0.25) is 0 Å². The van der Waals surface area contributed by atoms with Gasteiger partial charge < -0.3 is 14.3 Å². The maximum Gasteiger partial charge on any atom is 0.132 e. The number of aliphatic hydroxyl groups excluding tert-OH is 1. The van der Waals surface area contributed by atoms with Gasteiger partial charge in [-0.25, -0.2) is 0 Å². The van der Waals surface area contributed by atoms with E-state index in [0.29, 0.717) is 24.7 Å². The highest BCUT2D eigenvalue weighted by Gasteiger charge is 2.28. The van der Waals surface area contributed by atoms with Gasteiger partial charge in [-0.05, 0) is 30.0 Å². The van der Waals surface area contributed by atoms with Crippen LogP contribution < -0.4 is 0 Å². The molecule has 4 heteroatoms. The number of ether oxygens (including phenoxy) is 1. The van der Waals surface area contributed by atoms with E-state index in [2.05, 4.69) is 36.1 Å². The molecule has 1 aromatic heterocycles. The molecule has 1 saturated heterocycles. The minimum atomic E-state index is -0.578. The normalized spacial score (nSPS) is 21.9. The van der Waals surface area contributed by atoms with Crippen LogP contribution in [0.3, 0.4) is 0 Å². The van der Waals surface area contributed by atoms with Crippen molar-refractivity contribution in [1.29, 1.82) is 0 Å². The second-order valence-electron chi connectivity index (χ2n) is 6.30. The molecule has 2 heterocycles. The van der Waals surface area contributed by atoms with E-state index >= 15 is 0 Å². The van der Waals surface area contributed by atoms with Crippen molar-refractivity contribution in [3.8, 4) is 0 Å². The smallest absolute Gasteiger partial charge is 0.132 e. The van der Waals surface area contributed by atoms with E-state index in [9.17, 15) is 5.11 Å². The predicted molar refractivity (Wildman–Crippen MR) is 89.3 cm³/mol. The highest BCUT2D eigenvalue weighted by atomic mass is 16.5. The van der Waals surface area contributed by atoms with Crippen LogP contribution in [-0.2, 0) is 4.74 Å². The molecule has 1 aliphatic rings. The summed E-state index contributed by atoms with van der Waals surface area (Å²) in [5.74, 6) is 1.09. The van der Waals surface area contributed by atoms with Gasteiger partial charge in [-0.15, -0.1) is 0 Å². The van der Waals surface area contributed by atoms with Crippen LogP contribution in [0, 0.1) is 0 Å². The lowest BCUT2D eigenvalue weighted by molar-refractivity contribution is -0.0302. The van der Waals surface area contributed by atoms with Gasteiger partial charge in [0.05, 0.1) is 19.5 Å². The van der Waals surface area contributed by atoms with Crippen LogP contribution in [-0.4, -0.2) is 42.4 Å². The van der Waals surface area contributed by atoms with Crippen LogP contribution in [0.1, 0.15) is 36.7 Å². The molecule has 3 atom stereocenters. The Morgan fingerprint density at radius 1 is 1.22 bits per heavy atom. The second-order valence-corrected chi connectivity index (χ2v) is 6.30. The summed E-state index contributed by atoms with van der Waals surface area (Å²) in [6.07, 6.45) is 1.66. The lowest BCUT2D eigenvalue weighted by atomic mass is 9.98. The Balaban J connectivity index is 1.62. The number of hydrogen-bond acceptors (Lipinski definition) is 4. The van der Waals surface area contributed by atoms with E-state index in [1.54, 1.807) is 6.26 Å². The Morgan fingerprint density at radius 2 is 2.04 bits per heavy atom. The standard InChI is InChI=1S/C19H25NO3/c1-15(16-6-3-2-4-7-16)13-20-9-11-22-14-17(20)12-18(21)19-8-5-10-23-19/h2-8,10,15,17-18,21H,9,11-14H2,1H3. The Labute approximate surface area is 137 Å². The lowest BCUT2D eigenvalue weighted by Gasteiger charge is -2.38. The average molecular weight is 315 g/mol. The molecule has 0 radical (unpaired) electrons. The number of hydrogen-bond donors (Lipinski definition) is 1. The van der Waals surface area contributed by atoms with Gasteiger partial charge in [0.25, 0.3) is 0 Å². The van der Waals surface area contributed by atoms with Crippen molar-refractivity contribution in [3.63, 3.8) is 0 Å². The van der Waals surface area contributed by atoms with Gasteiger partial charge in [0.15, 0.2) is 0 Å². The Kier molecular flexibility index (Phi) is 5.49. The molecule has 0 aliphatic carbocycles. The Hall–Kier alpha value is -1.62. The molecule has 1 aliphatic heterocycles. The monoisotopic (exact) mass is 315 g/mol. The van der Waals surface area contributed by atoms with Crippen molar-refractivity contribution in [2.75, 3.05) is 26.3 Å². The fourth-order valence-corrected chi connectivity index (χ4v) is 3.24. The van der Waals surface area contributed by atoms with Crippen molar-refractivity contribution < 1.29 is 14.3 Å². The number of furan rings is 1. The third-order valence-corrected chi connectivity index (χ3v) is 4.59. The number of benzene rings is 1. The summed E-state index contributed by atoms with van der Waals surface area (Å²) >= 11 is 0. The molecule has 1 N–H and O–H groups in total. The summed E-state index contributed by atoms with van der Waals surface area (Å²) < 4.78 is 10.9. The van der Waals surface area contributed by atoms with Gasteiger partial charge in [0.1, 0.15) is 11.9 Å². The summed E-state index contributed by atoms with van der Waals surface area (Å²) in [7, 11) is 0. The fraction of sp³-hybridized carbons (Fsp3) is 0.474. The summed E-state index contributed by atoms with van der Waals surface area (Å²) in [6, 6.07) is 14.4. The highest BCUT2D eigenvalue weighted by Crippen LogP contribution is 2.25. The number of aliphatic hydroxyl groups is 1. The topological polar surface area (TPSA) is 45.8 Å². The molecule has 124 valence electrons. The number of morpholine rings is 1. The molecular weight excluding hydrogens is 290 g/mol. The molecule has 0 saturated carbocycles. The van der Waals surface area contributed by atoms with E-state index in [-0.39, 0.29) is 6.04 Å². The van der Waals surface area contributed by atoms with Crippen molar-refractivity contribution in [3.05, 3.63) is 60.1 Å². The first-order chi connectivity index (χ1) is 11.2. The molecule has 3 rings (SSSR count). The molecule has 4 nitrogen and oxygen atoms in total. The molecule has 0 spiro atoms. The van der Waals surface area contributed by atoms with Gasteiger partial charge in [-0.1, -0.05) is 37.3 Å². The first-order valence-corrected chi connectivity index (χ1v) is 8.32. The van der Waals surface area contributed by atoms with Crippen LogP contribution in [0.4, 0.5) is 0 Å². The lowest BCUT2D eigenvalue weighted by Crippen LogP contribution is -2.47. The summed E-state index contributed by atoms with van der Waals surface area (Å²) in [4.78, 5) is 2.44. The van der Waals surface area contributed by atoms with Gasteiger partial charge in [-0.3, -0.25) is 4.90 Å². The van der Waals surface area contributed by atoms with E-state index in [0.717, 1.165) is 19.7 Å². The zero-order valence-corrected chi connectivity index (χ0v) is 13.6. The summed E-state index contributed by atoms with van der Waals surface area (Å²) in [5.41, 5.74) is 1.35. The first-order valence-electron chi connectivity index (χ1n) is 8.32. The van der Waals surface area contributed by atoms with Crippen LogP contribution >= 0.6 is 0 Å². The van der Waals surface area contributed by atoms with Gasteiger partial charge in [-0.2, -0.15) is 0 Å². The van der Waals surface area contributed by atoms with Crippen LogP contribution in [0.5, 0.6) is 0 Å². The Bertz CT molecular complexity index is 570. The molecule has 2 aromatic rings. The molecule has 3 unspecified atom stereocenters. The molecule has 0 bridgehead atoms. The van der Waals surface area contributed by atoms with E-state index < -0.39 is 6.10 Å². The largest absolute Gasteiger partial charge is 0.467 e. The van der Waals surface area contributed by atoms with Gasteiger partial charge >= 0.3 is 0 Å². The second kappa shape index (κ2) is 7.77.